The van der Waals surface area contributed by atoms with Gasteiger partial charge in [-0.3, -0.25) is 0 Å². The molecule has 0 radical (unpaired) electrons. The van der Waals surface area contributed by atoms with Crippen LogP contribution in [0.2, 0.25) is 0 Å². The van der Waals surface area contributed by atoms with Gasteiger partial charge < -0.3 is 9.47 Å². The molecule has 0 aliphatic heterocycles. The number of hydrogen-bond acceptors (Lipinski definition) is 4. The topological polar surface area (TPSA) is 47.9 Å². The van der Waals surface area contributed by atoms with E-state index in [0.29, 0.717) is 13.2 Å². The van der Waals surface area contributed by atoms with E-state index in [1.165, 1.54) is 6.08 Å². The van der Waals surface area contributed by atoms with E-state index in [0.717, 1.165) is 0 Å². The Kier molecular flexibility index (Phi) is 5.97. The summed E-state index contributed by atoms with van der Waals surface area (Å²) in [5.41, 5.74) is 0. The maximum atomic E-state index is 9.54. The fourth-order valence-corrected chi connectivity index (χ4v) is 0.378. The smallest absolute Gasteiger partial charge is 0.235 e. The largest absolute Gasteiger partial charge is 0.356 e. The van der Waals surface area contributed by atoms with Crippen molar-refractivity contribution in [3.63, 3.8) is 0 Å². The summed E-state index contributed by atoms with van der Waals surface area (Å²) in [5, 5.41) is 0. The normalized spacial score (nSPS) is 12.2. The molecule has 0 N–H and O–H groups in total. The molecule has 0 amide bonds. The molecule has 0 aliphatic rings. The maximum absolute atomic E-state index is 9.54. The molecule has 4 nitrogen and oxygen atoms in total. The lowest BCUT2D eigenvalue weighted by Crippen LogP contribution is -2.12. The number of ether oxygens (including phenoxy) is 2. The summed E-state index contributed by atoms with van der Waals surface area (Å²) in [7, 11) is 1.55. The van der Waals surface area contributed by atoms with Crippen LogP contribution in [0, 0.1) is 0 Å². The second kappa shape index (κ2) is 6.42. The zero-order valence-corrected chi connectivity index (χ0v) is 6.16. The van der Waals surface area contributed by atoms with Gasteiger partial charge in [-0.25, -0.2) is 9.79 Å². The Balaban J connectivity index is 3.10. The highest BCUT2D eigenvalue weighted by Gasteiger charge is 1.95. The standard InChI is InChI=1S/C6H11NO3/c1-6(9-2)10-4-3-7-5-8/h6H,3-4H2,1-2H3. The number of isocyanates is 1. The highest BCUT2D eigenvalue weighted by Crippen LogP contribution is 1.88. The van der Waals surface area contributed by atoms with E-state index in [1.54, 1.807) is 14.0 Å². The van der Waals surface area contributed by atoms with Crippen molar-refractivity contribution in [1.29, 1.82) is 0 Å². The second-order valence-corrected chi connectivity index (χ2v) is 1.65. The first-order chi connectivity index (χ1) is 4.81. The van der Waals surface area contributed by atoms with Crippen molar-refractivity contribution in [3.8, 4) is 0 Å². The van der Waals surface area contributed by atoms with Crippen molar-refractivity contribution in [2.24, 2.45) is 4.99 Å². The molecule has 0 spiro atoms. The molecule has 0 heterocycles. The third-order valence-electron chi connectivity index (χ3n) is 0.952. The van der Waals surface area contributed by atoms with Gasteiger partial charge in [0.05, 0.1) is 13.2 Å². The van der Waals surface area contributed by atoms with Gasteiger partial charge in [0.2, 0.25) is 6.08 Å². The molecule has 0 aromatic carbocycles. The summed E-state index contributed by atoms with van der Waals surface area (Å²) in [5.74, 6) is 0. The number of nitrogens with zero attached hydrogens (tertiary/aromatic N) is 1. The van der Waals surface area contributed by atoms with Crippen molar-refractivity contribution in [3.05, 3.63) is 0 Å². The van der Waals surface area contributed by atoms with Gasteiger partial charge in [0.25, 0.3) is 0 Å². The zero-order chi connectivity index (χ0) is 7.82. The number of aliphatic imine (C=N–C) groups is 1. The van der Waals surface area contributed by atoms with Gasteiger partial charge in [-0.15, -0.1) is 0 Å². The van der Waals surface area contributed by atoms with E-state index in [2.05, 4.69) is 4.99 Å². The van der Waals surface area contributed by atoms with Gasteiger partial charge in [0.15, 0.2) is 6.29 Å². The number of methoxy groups -OCH3 is 1. The Morgan fingerprint density at radius 2 is 2.40 bits per heavy atom. The van der Waals surface area contributed by atoms with Crippen molar-refractivity contribution in [2.75, 3.05) is 20.3 Å². The van der Waals surface area contributed by atoms with E-state index in [9.17, 15) is 4.79 Å². The first kappa shape index (κ1) is 9.30. The number of hydrogen-bond donors (Lipinski definition) is 0. The Hall–Kier alpha value is -0.700. The quantitative estimate of drug-likeness (QED) is 0.242. The fraction of sp³-hybridized carbons (Fsp3) is 0.833. The molecular formula is C6H11NO3. The van der Waals surface area contributed by atoms with E-state index in [1.807, 2.05) is 0 Å². The summed E-state index contributed by atoms with van der Waals surface area (Å²) in [4.78, 5) is 12.8. The summed E-state index contributed by atoms with van der Waals surface area (Å²) in [6.45, 7) is 2.51. The van der Waals surface area contributed by atoms with Gasteiger partial charge in [0, 0.05) is 7.11 Å². The van der Waals surface area contributed by atoms with E-state index < -0.39 is 0 Å². The SMILES string of the molecule is COC(C)OCCN=C=O. The Bertz CT molecular complexity index is 120. The van der Waals surface area contributed by atoms with E-state index in [4.69, 9.17) is 9.47 Å². The molecule has 10 heavy (non-hydrogen) atoms. The average Bonchev–Trinajstić information content (AvgIpc) is 1.98. The van der Waals surface area contributed by atoms with Crippen LogP contribution in [0.3, 0.4) is 0 Å². The molecule has 0 saturated heterocycles. The number of carbonyl (C=O) groups excluding carboxylic acids is 1. The molecule has 0 aromatic heterocycles. The van der Waals surface area contributed by atoms with Crippen LogP contribution in [0.15, 0.2) is 4.99 Å². The highest BCUT2D eigenvalue weighted by molar-refractivity contribution is 5.32. The van der Waals surface area contributed by atoms with Crippen molar-refractivity contribution >= 4 is 6.08 Å². The van der Waals surface area contributed by atoms with Gasteiger partial charge in [-0.2, -0.15) is 0 Å². The van der Waals surface area contributed by atoms with Gasteiger partial charge in [0.1, 0.15) is 0 Å². The molecule has 0 aromatic rings. The molecular weight excluding hydrogens is 134 g/mol. The highest BCUT2D eigenvalue weighted by atomic mass is 16.7. The molecule has 1 unspecified atom stereocenters. The Morgan fingerprint density at radius 3 is 2.90 bits per heavy atom. The van der Waals surface area contributed by atoms with Gasteiger partial charge >= 0.3 is 0 Å². The van der Waals surface area contributed by atoms with Crippen LogP contribution < -0.4 is 0 Å². The Labute approximate surface area is 59.8 Å². The summed E-state index contributed by atoms with van der Waals surface area (Å²) >= 11 is 0. The third kappa shape index (κ3) is 5.44. The molecule has 0 aliphatic carbocycles. The van der Waals surface area contributed by atoms with Crippen LogP contribution in [0.25, 0.3) is 0 Å². The lowest BCUT2D eigenvalue weighted by Gasteiger charge is -2.08. The van der Waals surface area contributed by atoms with Crippen LogP contribution in [-0.4, -0.2) is 32.6 Å². The van der Waals surface area contributed by atoms with Crippen LogP contribution in [0.5, 0.6) is 0 Å². The zero-order valence-electron chi connectivity index (χ0n) is 6.16. The Morgan fingerprint density at radius 1 is 1.70 bits per heavy atom. The predicted octanol–water partition coefficient (Wildman–Crippen LogP) is 0.331. The van der Waals surface area contributed by atoms with Crippen LogP contribution in [0.4, 0.5) is 0 Å². The van der Waals surface area contributed by atoms with Gasteiger partial charge in [-0.1, -0.05) is 0 Å². The molecule has 4 heteroatoms. The first-order valence-corrected chi connectivity index (χ1v) is 2.99. The molecule has 0 rings (SSSR count). The molecule has 0 fully saturated rings. The summed E-state index contributed by atoms with van der Waals surface area (Å²) in [6, 6.07) is 0. The lowest BCUT2D eigenvalue weighted by atomic mass is 10.7. The molecule has 1 atom stereocenters. The second-order valence-electron chi connectivity index (χ2n) is 1.65. The van der Waals surface area contributed by atoms with Crippen LogP contribution in [0.1, 0.15) is 6.92 Å². The molecule has 0 saturated carbocycles. The predicted molar refractivity (Wildman–Crippen MR) is 35.4 cm³/mol. The summed E-state index contributed by atoms with van der Waals surface area (Å²) < 4.78 is 9.77. The van der Waals surface area contributed by atoms with E-state index >= 15 is 0 Å². The van der Waals surface area contributed by atoms with E-state index in [-0.39, 0.29) is 6.29 Å². The molecule has 0 bridgehead atoms. The monoisotopic (exact) mass is 145 g/mol. The maximum Gasteiger partial charge on any atom is 0.235 e. The van der Waals surface area contributed by atoms with Gasteiger partial charge in [-0.05, 0) is 6.92 Å². The minimum Gasteiger partial charge on any atom is -0.356 e. The average molecular weight is 145 g/mol. The van der Waals surface area contributed by atoms with Crippen LogP contribution >= 0.6 is 0 Å². The fourth-order valence-electron chi connectivity index (χ4n) is 0.378. The minimum absolute atomic E-state index is 0.234. The lowest BCUT2D eigenvalue weighted by molar-refractivity contribution is -0.108. The van der Waals surface area contributed by atoms with Crippen molar-refractivity contribution in [1.82, 2.24) is 0 Å². The first-order valence-electron chi connectivity index (χ1n) is 2.99. The van der Waals surface area contributed by atoms with Crippen molar-refractivity contribution in [2.45, 2.75) is 13.2 Å². The number of rotatable bonds is 5. The molecule has 58 valence electrons. The minimum atomic E-state index is -0.234. The summed E-state index contributed by atoms with van der Waals surface area (Å²) in [6.07, 6.45) is 1.18. The van der Waals surface area contributed by atoms with Crippen molar-refractivity contribution < 1.29 is 14.3 Å². The van der Waals surface area contributed by atoms with Crippen LogP contribution in [-0.2, 0) is 14.3 Å². The third-order valence-corrected chi connectivity index (χ3v) is 0.952.